The zero-order valence-corrected chi connectivity index (χ0v) is 11.4. The van der Waals surface area contributed by atoms with E-state index in [0.717, 1.165) is 13.1 Å². The lowest BCUT2D eigenvalue weighted by atomic mass is 9.99. The minimum absolute atomic E-state index is 0.649. The van der Waals surface area contributed by atoms with Gasteiger partial charge in [0, 0.05) is 25.5 Å². The fourth-order valence-electron chi connectivity index (χ4n) is 2.89. The molecule has 0 bridgehead atoms. The molecule has 0 aliphatic carbocycles. The van der Waals surface area contributed by atoms with Gasteiger partial charge in [0.1, 0.15) is 0 Å². The normalized spacial score (nSPS) is 19.7. The highest BCUT2D eigenvalue weighted by Crippen LogP contribution is 2.28. The molecule has 3 rings (SSSR count). The lowest BCUT2D eigenvalue weighted by Gasteiger charge is -2.16. The van der Waals surface area contributed by atoms with Crippen molar-refractivity contribution in [3.8, 4) is 0 Å². The van der Waals surface area contributed by atoms with Gasteiger partial charge >= 0.3 is 0 Å². The van der Waals surface area contributed by atoms with Crippen LogP contribution in [0.1, 0.15) is 29.0 Å². The van der Waals surface area contributed by atoms with E-state index in [1.807, 2.05) is 12.4 Å². The van der Waals surface area contributed by atoms with Gasteiger partial charge in [0.25, 0.3) is 0 Å². The highest BCUT2D eigenvalue weighted by atomic mass is 15.1. The molecule has 2 nitrogen and oxygen atoms in total. The summed E-state index contributed by atoms with van der Waals surface area (Å²) in [7, 11) is 0. The first-order valence-electron chi connectivity index (χ1n) is 6.99. The summed E-state index contributed by atoms with van der Waals surface area (Å²) in [6, 6.07) is 13.0. The summed E-state index contributed by atoms with van der Waals surface area (Å²) in [6.45, 7) is 5.53. The van der Waals surface area contributed by atoms with Crippen LogP contribution in [0.3, 0.4) is 0 Å². The number of aryl methyl sites for hydroxylation is 1. The van der Waals surface area contributed by atoms with Crippen molar-refractivity contribution in [3.05, 3.63) is 65.5 Å². The Morgan fingerprint density at radius 1 is 1.21 bits per heavy atom. The van der Waals surface area contributed by atoms with Crippen LogP contribution >= 0.6 is 0 Å². The standard InChI is InChI=1S/C17H20N2/c1-14-9-17(11-18-10-14)16-7-8-19(13-16)12-15-5-3-2-4-6-15/h2-6,9-11,16H,7-8,12-13H2,1H3. The minimum atomic E-state index is 0.649. The van der Waals surface area contributed by atoms with Crippen molar-refractivity contribution < 1.29 is 0 Å². The van der Waals surface area contributed by atoms with Gasteiger partial charge in [0.2, 0.25) is 0 Å². The third-order valence-electron chi connectivity index (χ3n) is 3.89. The molecule has 0 spiro atoms. The zero-order valence-electron chi connectivity index (χ0n) is 11.4. The SMILES string of the molecule is Cc1cncc(C2CCN(Cc3ccccc3)C2)c1. The van der Waals surface area contributed by atoms with Gasteiger partial charge in [-0.2, -0.15) is 0 Å². The molecule has 0 radical (unpaired) electrons. The summed E-state index contributed by atoms with van der Waals surface area (Å²) in [4.78, 5) is 6.86. The molecule has 0 amide bonds. The third kappa shape index (κ3) is 3.02. The molecule has 1 atom stereocenters. The maximum atomic E-state index is 4.32. The van der Waals surface area contributed by atoms with Crippen molar-refractivity contribution in [3.63, 3.8) is 0 Å². The fraction of sp³-hybridized carbons (Fsp3) is 0.353. The quantitative estimate of drug-likeness (QED) is 0.832. The van der Waals surface area contributed by atoms with Crippen LogP contribution in [0.5, 0.6) is 0 Å². The number of aromatic nitrogens is 1. The van der Waals surface area contributed by atoms with Crippen molar-refractivity contribution in [1.29, 1.82) is 0 Å². The Bertz CT molecular complexity index is 536. The number of benzene rings is 1. The average molecular weight is 252 g/mol. The van der Waals surface area contributed by atoms with Crippen LogP contribution in [-0.4, -0.2) is 23.0 Å². The molecule has 1 fully saturated rings. The summed E-state index contributed by atoms with van der Waals surface area (Å²) in [5.74, 6) is 0.649. The summed E-state index contributed by atoms with van der Waals surface area (Å²) in [6.07, 6.45) is 5.21. The molecule has 1 aliphatic rings. The van der Waals surface area contributed by atoms with Crippen molar-refractivity contribution in [2.24, 2.45) is 0 Å². The van der Waals surface area contributed by atoms with Crippen LogP contribution < -0.4 is 0 Å². The van der Waals surface area contributed by atoms with Gasteiger partial charge in [-0.3, -0.25) is 9.88 Å². The number of hydrogen-bond donors (Lipinski definition) is 0. The maximum Gasteiger partial charge on any atom is 0.0303 e. The molecule has 19 heavy (non-hydrogen) atoms. The molecule has 98 valence electrons. The van der Waals surface area contributed by atoms with Crippen molar-refractivity contribution in [1.82, 2.24) is 9.88 Å². The Hall–Kier alpha value is -1.67. The first-order valence-corrected chi connectivity index (χ1v) is 6.99. The van der Waals surface area contributed by atoms with Crippen LogP contribution in [0.25, 0.3) is 0 Å². The molecule has 1 aromatic carbocycles. The molecule has 0 N–H and O–H groups in total. The van der Waals surface area contributed by atoms with E-state index < -0.39 is 0 Å². The molecule has 0 saturated carbocycles. The van der Waals surface area contributed by atoms with Gasteiger partial charge in [-0.15, -0.1) is 0 Å². The Morgan fingerprint density at radius 3 is 2.84 bits per heavy atom. The van der Waals surface area contributed by atoms with Crippen LogP contribution in [-0.2, 0) is 6.54 Å². The second-order valence-corrected chi connectivity index (χ2v) is 5.50. The van der Waals surface area contributed by atoms with Gasteiger partial charge in [-0.05, 0) is 42.5 Å². The average Bonchev–Trinajstić information content (AvgIpc) is 2.88. The second kappa shape index (κ2) is 5.54. The molecule has 1 aliphatic heterocycles. The summed E-state index contributed by atoms with van der Waals surface area (Å²) in [5, 5.41) is 0. The van der Waals surface area contributed by atoms with Gasteiger partial charge in [0.15, 0.2) is 0 Å². The van der Waals surface area contributed by atoms with Crippen LogP contribution in [0.4, 0.5) is 0 Å². The van der Waals surface area contributed by atoms with E-state index in [0.29, 0.717) is 5.92 Å². The number of nitrogens with zero attached hydrogens (tertiary/aromatic N) is 2. The van der Waals surface area contributed by atoms with Crippen molar-refractivity contribution in [2.45, 2.75) is 25.8 Å². The van der Waals surface area contributed by atoms with Gasteiger partial charge in [-0.25, -0.2) is 0 Å². The minimum Gasteiger partial charge on any atom is -0.298 e. The largest absolute Gasteiger partial charge is 0.298 e. The topological polar surface area (TPSA) is 16.1 Å². The number of rotatable bonds is 3. The van der Waals surface area contributed by atoms with Gasteiger partial charge in [-0.1, -0.05) is 36.4 Å². The predicted octanol–water partition coefficient (Wildman–Crippen LogP) is 3.38. The molecule has 2 aromatic rings. The summed E-state index contributed by atoms with van der Waals surface area (Å²) in [5.41, 5.74) is 4.07. The monoisotopic (exact) mass is 252 g/mol. The molecule has 2 heterocycles. The lowest BCUT2D eigenvalue weighted by Crippen LogP contribution is -2.19. The molecule has 1 unspecified atom stereocenters. The van der Waals surface area contributed by atoms with Gasteiger partial charge < -0.3 is 0 Å². The zero-order chi connectivity index (χ0) is 13.1. The highest BCUT2D eigenvalue weighted by molar-refractivity contribution is 5.22. The number of hydrogen-bond acceptors (Lipinski definition) is 2. The summed E-state index contributed by atoms with van der Waals surface area (Å²) >= 11 is 0. The molecule has 2 heteroatoms. The van der Waals surface area contributed by atoms with Crippen molar-refractivity contribution >= 4 is 0 Å². The Morgan fingerprint density at radius 2 is 2.05 bits per heavy atom. The summed E-state index contributed by atoms with van der Waals surface area (Å²) < 4.78 is 0. The first-order chi connectivity index (χ1) is 9.31. The molecule has 1 aromatic heterocycles. The van der Waals surface area contributed by atoms with Gasteiger partial charge in [0.05, 0.1) is 0 Å². The van der Waals surface area contributed by atoms with E-state index in [1.54, 1.807) is 0 Å². The molecule has 1 saturated heterocycles. The molecular weight excluding hydrogens is 232 g/mol. The van der Waals surface area contributed by atoms with E-state index in [2.05, 4.69) is 53.2 Å². The van der Waals surface area contributed by atoms with E-state index in [9.17, 15) is 0 Å². The van der Waals surface area contributed by atoms with Crippen molar-refractivity contribution in [2.75, 3.05) is 13.1 Å². The Balaban J connectivity index is 1.64. The Labute approximate surface area is 115 Å². The van der Waals surface area contributed by atoms with E-state index >= 15 is 0 Å². The predicted molar refractivity (Wildman–Crippen MR) is 78.1 cm³/mol. The number of pyridine rings is 1. The first kappa shape index (κ1) is 12.4. The maximum absolute atomic E-state index is 4.32. The van der Waals surface area contributed by atoms with E-state index in [-0.39, 0.29) is 0 Å². The number of likely N-dealkylation sites (tertiary alicyclic amines) is 1. The second-order valence-electron chi connectivity index (χ2n) is 5.50. The highest BCUT2D eigenvalue weighted by Gasteiger charge is 2.23. The lowest BCUT2D eigenvalue weighted by molar-refractivity contribution is 0.327. The van der Waals surface area contributed by atoms with Crippen LogP contribution in [0, 0.1) is 6.92 Å². The Kier molecular flexibility index (Phi) is 3.60. The van der Waals surface area contributed by atoms with E-state index in [1.165, 1.54) is 29.7 Å². The van der Waals surface area contributed by atoms with Crippen LogP contribution in [0.15, 0.2) is 48.8 Å². The molecular formula is C17H20N2. The van der Waals surface area contributed by atoms with E-state index in [4.69, 9.17) is 0 Å². The van der Waals surface area contributed by atoms with Crippen LogP contribution in [0.2, 0.25) is 0 Å². The smallest absolute Gasteiger partial charge is 0.0303 e. The fourth-order valence-corrected chi connectivity index (χ4v) is 2.89. The third-order valence-corrected chi connectivity index (χ3v) is 3.89.